The van der Waals surface area contributed by atoms with E-state index in [1.54, 1.807) is 6.07 Å². The third-order valence-electron chi connectivity index (χ3n) is 3.91. The molecule has 2 aliphatic rings. The van der Waals surface area contributed by atoms with Crippen molar-refractivity contribution in [1.82, 2.24) is 8.10 Å². The van der Waals surface area contributed by atoms with Crippen LogP contribution in [0.3, 0.4) is 0 Å². The monoisotopic (exact) mass is 396 g/mol. The average molecular weight is 396 g/mol. The van der Waals surface area contributed by atoms with E-state index in [1.807, 2.05) is 0 Å². The van der Waals surface area contributed by atoms with Gasteiger partial charge >= 0.3 is 124 Å². The summed E-state index contributed by atoms with van der Waals surface area (Å²) in [5.74, 6) is 0.471. The second-order valence-electron chi connectivity index (χ2n) is 5.35. The molecule has 0 N–H and O–H groups in total. The van der Waals surface area contributed by atoms with E-state index in [2.05, 4.69) is 24.0 Å². The van der Waals surface area contributed by atoms with Gasteiger partial charge in [-0.05, 0) is 0 Å². The Balaban J connectivity index is 1.82. The predicted molar refractivity (Wildman–Crippen MR) is 81.7 cm³/mol. The molecule has 110 valence electrons. The Bertz CT molecular complexity index is 536. The quantitative estimate of drug-likeness (QED) is 0.429. The molecule has 0 spiro atoms. The van der Waals surface area contributed by atoms with Crippen LogP contribution in [0.2, 0.25) is 0 Å². The van der Waals surface area contributed by atoms with Crippen LogP contribution in [0, 0.1) is 5.92 Å². The van der Waals surface area contributed by atoms with Crippen LogP contribution >= 0.6 is 20.1 Å². The predicted octanol–water partition coefficient (Wildman–Crippen LogP) is 3.87. The summed E-state index contributed by atoms with van der Waals surface area (Å²) in [7, 11) is 0. The Kier molecular flexibility index (Phi) is 3.56. The van der Waals surface area contributed by atoms with Crippen molar-refractivity contribution in [3.8, 4) is 0 Å². The third-order valence-corrected chi connectivity index (χ3v) is 7.50. The van der Waals surface area contributed by atoms with Crippen molar-refractivity contribution in [2.75, 3.05) is 16.4 Å². The van der Waals surface area contributed by atoms with E-state index in [0.29, 0.717) is 12.0 Å². The number of nitrogens with zero attached hydrogens (tertiary/aromatic N) is 2. The molecule has 2 atom stereocenters. The molecule has 2 unspecified atom stereocenters. The van der Waals surface area contributed by atoms with Gasteiger partial charge in [-0.2, -0.15) is 0 Å². The maximum atomic E-state index is 12.5. The Morgan fingerprint density at radius 1 is 1.30 bits per heavy atom. The molecular formula is C14H16F3IN2. The zero-order chi connectivity index (χ0) is 14.5. The van der Waals surface area contributed by atoms with E-state index in [4.69, 9.17) is 0 Å². The van der Waals surface area contributed by atoms with Gasteiger partial charge in [0, 0.05) is 0 Å². The van der Waals surface area contributed by atoms with E-state index >= 15 is 0 Å². The fraction of sp³-hybridized carbons (Fsp3) is 0.500. The van der Waals surface area contributed by atoms with Crippen LogP contribution in [0.4, 0.5) is 13.2 Å². The molecule has 2 heterocycles. The molecule has 1 aromatic rings. The first-order valence-corrected chi connectivity index (χ1v) is 11.7. The Morgan fingerprint density at radius 2 is 2.05 bits per heavy atom. The van der Waals surface area contributed by atoms with Gasteiger partial charge in [0.25, 0.3) is 0 Å². The zero-order valence-corrected chi connectivity index (χ0v) is 13.4. The second kappa shape index (κ2) is 4.98. The van der Waals surface area contributed by atoms with Crippen LogP contribution in [0.15, 0.2) is 24.4 Å². The van der Waals surface area contributed by atoms with Gasteiger partial charge in [-0.1, -0.05) is 0 Å². The summed E-state index contributed by atoms with van der Waals surface area (Å²) in [6.45, 7) is 1.06. The molecule has 1 fully saturated rings. The second-order valence-corrected chi connectivity index (χ2v) is 10.7. The molecule has 1 aliphatic heterocycles. The van der Waals surface area contributed by atoms with Crippen LogP contribution in [-0.4, -0.2) is 30.5 Å². The number of hydrogen-bond acceptors (Lipinski definition) is 2. The van der Waals surface area contributed by atoms with Crippen LogP contribution in [0.25, 0.3) is 5.57 Å². The van der Waals surface area contributed by atoms with Gasteiger partial charge < -0.3 is 0 Å². The molecule has 0 amide bonds. The number of pyridine rings is 1. The maximum absolute atomic E-state index is 12.5. The van der Waals surface area contributed by atoms with Gasteiger partial charge in [0.15, 0.2) is 0 Å². The van der Waals surface area contributed by atoms with Crippen molar-refractivity contribution in [3.05, 3.63) is 35.7 Å². The SMILES string of the molecule is CI(C)N1CC2CC1C=C2c1ccc(C(F)(F)F)nc1. The molecule has 20 heavy (non-hydrogen) atoms. The number of alkyl halides is 5. The molecule has 0 aromatic carbocycles. The minimum absolute atomic E-state index is 0.471. The molecule has 0 radical (unpaired) electrons. The topological polar surface area (TPSA) is 16.1 Å². The minimum atomic E-state index is -4.36. The van der Waals surface area contributed by atoms with Crippen molar-refractivity contribution >= 4 is 25.7 Å². The Hall–Kier alpha value is -0.630. The summed E-state index contributed by atoms with van der Waals surface area (Å²) in [5.41, 5.74) is 1.21. The summed E-state index contributed by atoms with van der Waals surface area (Å²) >= 11 is -0.963. The summed E-state index contributed by atoms with van der Waals surface area (Å²) < 4.78 is 40.1. The first-order valence-electron chi connectivity index (χ1n) is 6.38. The number of rotatable bonds is 2. The van der Waals surface area contributed by atoms with Gasteiger partial charge in [-0.15, -0.1) is 0 Å². The Labute approximate surface area is 123 Å². The molecule has 2 bridgehead atoms. The standard InChI is InChI=1S/C14H16F3IN2/c1-18(2)20-8-10-5-11(20)6-12(10)9-3-4-13(19-7-9)14(15,16)17/h3-4,6-7,10-11H,5,8H2,1-2H3. The summed E-state index contributed by atoms with van der Waals surface area (Å²) in [5, 5.41) is 0. The molecule has 6 heteroatoms. The van der Waals surface area contributed by atoms with E-state index in [-0.39, 0.29) is 0 Å². The summed E-state index contributed by atoms with van der Waals surface area (Å²) in [6, 6.07) is 3.14. The third kappa shape index (κ3) is 2.47. The number of aromatic nitrogens is 1. The van der Waals surface area contributed by atoms with Gasteiger partial charge in [-0.25, -0.2) is 0 Å². The van der Waals surface area contributed by atoms with Crippen molar-refractivity contribution in [3.63, 3.8) is 0 Å². The molecular weight excluding hydrogens is 380 g/mol. The van der Waals surface area contributed by atoms with Gasteiger partial charge in [0.1, 0.15) is 0 Å². The summed E-state index contributed by atoms with van der Waals surface area (Å²) in [4.78, 5) is 8.22. The van der Waals surface area contributed by atoms with Gasteiger partial charge in [-0.3, -0.25) is 0 Å². The first-order chi connectivity index (χ1) is 9.36. The van der Waals surface area contributed by atoms with Gasteiger partial charge in [0.05, 0.1) is 0 Å². The molecule has 3 rings (SSSR count). The van der Waals surface area contributed by atoms with Crippen molar-refractivity contribution in [2.45, 2.75) is 18.6 Å². The number of hydrogen-bond donors (Lipinski definition) is 0. The molecule has 0 saturated carbocycles. The number of fused-ring (bicyclic) bond motifs is 2. The van der Waals surface area contributed by atoms with Crippen LogP contribution in [0.5, 0.6) is 0 Å². The van der Waals surface area contributed by atoms with Crippen LogP contribution in [0.1, 0.15) is 17.7 Å². The van der Waals surface area contributed by atoms with E-state index in [1.165, 1.54) is 11.8 Å². The fourth-order valence-corrected chi connectivity index (χ4v) is 6.08. The molecule has 1 saturated heterocycles. The molecule has 2 nitrogen and oxygen atoms in total. The van der Waals surface area contributed by atoms with Crippen molar-refractivity contribution in [2.24, 2.45) is 5.92 Å². The van der Waals surface area contributed by atoms with Crippen molar-refractivity contribution < 1.29 is 13.2 Å². The Morgan fingerprint density at radius 3 is 2.50 bits per heavy atom. The van der Waals surface area contributed by atoms with E-state index < -0.39 is 32.0 Å². The van der Waals surface area contributed by atoms with Crippen LogP contribution < -0.4 is 0 Å². The van der Waals surface area contributed by atoms with Crippen molar-refractivity contribution in [1.29, 1.82) is 0 Å². The zero-order valence-electron chi connectivity index (χ0n) is 11.3. The van der Waals surface area contributed by atoms with Crippen LogP contribution in [-0.2, 0) is 6.18 Å². The van der Waals surface area contributed by atoms with E-state index in [9.17, 15) is 13.2 Å². The van der Waals surface area contributed by atoms with E-state index in [0.717, 1.165) is 24.6 Å². The fourth-order valence-electron chi connectivity index (χ4n) is 3.00. The molecule has 1 aromatic heterocycles. The average Bonchev–Trinajstić information content (AvgIpc) is 2.97. The normalized spacial score (nSPS) is 26.9. The summed E-state index contributed by atoms with van der Waals surface area (Å²) in [6.07, 6.45) is 0.359. The van der Waals surface area contributed by atoms with Gasteiger partial charge in [0.2, 0.25) is 0 Å². The first kappa shape index (κ1) is 14.3. The molecule has 1 aliphatic carbocycles. The number of halogens is 4.